The minimum Gasteiger partial charge on any atom is -0.342 e. The molecule has 3 heterocycles. The quantitative estimate of drug-likeness (QED) is 0.748. The lowest BCUT2D eigenvalue weighted by Gasteiger charge is -2.33. The summed E-state index contributed by atoms with van der Waals surface area (Å²) in [5.41, 5.74) is 0. The van der Waals surface area contributed by atoms with Crippen LogP contribution in [-0.4, -0.2) is 58.7 Å². The van der Waals surface area contributed by atoms with Crippen molar-refractivity contribution in [2.75, 3.05) is 31.5 Å². The first-order valence-electron chi connectivity index (χ1n) is 9.98. The first-order chi connectivity index (χ1) is 13.5. The Hall–Kier alpha value is -1.96. The number of likely N-dealkylation sites (tertiary alicyclic amines) is 2. The van der Waals surface area contributed by atoms with Gasteiger partial charge in [-0.2, -0.15) is 0 Å². The summed E-state index contributed by atoms with van der Waals surface area (Å²) >= 11 is 3.32. The second-order valence-corrected chi connectivity index (χ2v) is 9.03. The number of hydrogen-bond acceptors (Lipinski definition) is 4. The molecule has 3 fully saturated rings. The highest BCUT2D eigenvalue weighted by Gasteiger charge is 2.40. The topological polar surface area (TPSA) is 82.6 Å². The van der Waals surface area contributed by atoms with Crippen LogP contribution in [0.4, 0.5) is 5.82 Å². The van der Waals surface area contributed by atoms with Crippen LogP contribution < -0.4 is 5.32 Å². The van der Waals surface area contributed by atoms with Gasteiger partial charge in [-0.1, -0.05) is 0 Å². The summed E-state index contributed by atoms with van der Waals surface area (Å²) in [5.74, 6) is 0.639. The van der Waals surface area contributed by atoms with Gasteiger partial charge >= 0.3 is 0 Å². The lowest BCUT2D eigenvalue weighted by atomic mass is 9.95. The van der Waals surface area contributed by atoms with E-state index in [1.165, 1.54) is 12.8 Å². The van der Waals surface area contributed by atoms with Gasteiger partial charge < -0.3 is 15.1 Å². The number of piperidine rings is 1. The summed E-state index contributed by atoms with van der Waals surface area (Å²) in [7, 11) is 0. The SMILES string of the molecule is O=C(Nc1ccc(Br)cn1)[C@@H]1CCCN(C(=O)[C@H]2CC(=O)N(CC3CC3)C2)C1. The monoisotopic (exact) mass is 448 g/mol. The average molecular weight is 449 g/mol. The van der Waals surface area contributed by atoms with Crippen LogP contribution in [0.5, 0.6) is 0 Å². The Labute approximate surface area is 173 Å². The second kappa shape index (κ2) is 8.19. The zero-order chi connectivity index (χ0) is 19.7. The van der Waals surface area contributed by atoms with Crippen LogP contribution in [0.2, 0.25) is 0 Å². The van der Waals surface area contributed by atoms with Crippen LogP contribution in [-0.2, 0) is 14.4 Å². The molecule has 0 aromatic carbocycles. The molecule has 0 unspecified atom stereocenters. The molecule has 7 nitrogen and oxygen atoms in total. The Morgan fingerprint density at radius 1 is 1.18 bits per heavy atom. The van der Waals surface area contributed by atoms with E-state index in [9.17, 15) is 14.4 Å². The van der Waals surface area contributed by atoms with Gasteiger partial charge in [-0.25, -0.2) is 4.98 Å². The van der Waals surface area contributed by atoms with E-state index in [1.807, 2.05) is 11.0 Å². The zero-order valence-electron chi connectivity index (χ0n) is 15.8. The predicted molar refractivity (Wildman–Crippen MR) is 107 cm³/mol. The Morgan fingerprint density at radius 3 is 2.71 bits per heavy atom. The number of hydrogen-bond donors (Lipinski definition) is 1. The van der Waals surface area contributed by atoms with Crippen LogP contribution in [0.25, 0.3) is 0 Å². The molecule has 8 heteroatoms. The number of rotatable bonds is 5. The number of amides is 3. The number of pyridine rings is 1. The van der Waals surface area contributed by atoms with Gasteiger partial charge in [0.1, 0.15) is 5.82 Å². The summed E-state index contributed by atoms with van der Waals surface area (Å²) in [5, 5.41) is 2.84. The van der Waals surface area contributed by atoms with Crippen LogP contribution in [0.1, 0.15) is 32.1 Å². The lowest BCUT2D eigenvalue weighted by Crippen LogP contribution is -2.46. The van der Waals surface area contributed by atoms with Gasteiger partial charge in [0.2, 0.25) is 17.7 Å². The third-order valence-corrected chi connectivity index (χ3v) is 6.29. The van der Waals surface area contributed by atoms with E-state index >= 15 is 0 Å². The minimum absolute atomic E-state index is 0.0194. The van der Waals surface area contributed by atoms with E-state index in [0.717, 1.165) is 23.9 Å². The van der Waals surface area contributed by atoms with Gasteiger partial charge in [-0.3, -0.25) is 14.4 Å². The first kappa shape index (κ1) is 19.4. The molecule has 1 saturated carbocycles. The molecule has 4 rings (SSSR count). The van der Waals surface area contributed by atoms with Gasteiger partial charge in [-0.15, -0.1) is 0 Å². The summed E-state index contributed by atoms with van der Waals surface area (Å²) < 4.78 is 0.849. The molecular weight excluding hydrogens is 424 g/mol. The highest BCUT2D eigenvalue weighted by Crippen LogP contribution is 2.32. The standard InChI is InChI=1S/C20H25BrN4O3/c21-16-5-6-17(22-9-16)23-19(27)14-2-1-7-24(11-14)20(28)15-8-18(26)25(12-15)10-13-3-4-13/h5-6,9,13-15H,1-4,7-8,10-12H2,(H,22,23,27)/t14-,15+/m1/s1. The van der Waals surface area contributed by atoms with Crippen molar-refractivity contribution in [3.8, 4) is 0 Å². The molecule has 28 heavy (non-hydrogen) atoms. The molecule has 2 saturated heterocycles. The third kappa shape index (κ3) is 4.54. The van der Waals surface area contributed by atoms with Gasteiger partial charge in [0.15, 0.2) is 0 Å². The van der Waals surface area contributed by atoms with Crippen molar-refractivity contribution in [1.82, 2.24) is 14.8 Å². The number of carbonyl (C=O) groups excluding carboxylic acids is 3. The van der Waals surface area contributed by atoms with E-state index in [1.54, 1.807) is 17.2 Å². The largest absolute Gasteiger partial charge is 0.342 e. The molecule has 3 aliphatic rings. The van der Waals surface area contributed by atoms with Crippen molar-refractivity contribution in [3.63, 3.8) is 0 Å². The third-order valence-electron chi connectivity index (χ3n) is 5.82. The minimum atomic E-state index is -0.263. The molecule has 1 N–H and O–H groups in total. The normalized spacial score (nSPS) is 25.1. The van der Waals surface area contributed by atoms with Crippen LogP contribution >= 0.6 is 15.9 Å². The van der Waals surface area contributed by atoms with Crippen molar-refractivity contribution in [2.24, 2.45) is 17.8 Å². The molecule has 2 atom stereocenters. The van der Waals surface area contributed by atoms with Crippen molar-refractivity contribution in [3.05, 3.63) is 22.8 Å². The number of anilines is 1. The Kier molecular flexibility index (Phi) is 5.66. The number of carbonyl (C=O) groups is 3. The molecule has 0 bridgehead atoms. The van der Waals surface area contributed by atoms with Crippen molar-refractivity contribution >= 4 is 39.5 Å². The first-order valence-corrected chi connectivity index (χ1v) is 10.8. The Bertz CT molecular complexity index is 765. The van der Waals surface area contributed by atoms with Crippen LogP contribution in [0.3, 0.4) is 0 Å². The summed E-state index contributed by atoms with van der Waals surface area (Å²) in [6.45, 7) is 2.40. The summed E-state index contributed by atoms with van der Waals surface area (Å²) in [6, 6.07) is 3.57. The lowest BCUT2D eigenvalue weighted by molar-refractivity contribution is -0.138. The van der Waals surface area contributed by atoms with E-state index in [-0.39, 0.29) is 29.6 Å². The van der Waals surface area contributed by atoms with Crippen molar-refractivity contribution in [2.45, 2.75) is 32.1 Å². The highest BCUT2D eigenvalue weighted by atomic mass is 79.9. The number of nitrogens with zero attached hydrogens (tertiary/aromatic N) is 3. The Morgan fingerprint density at radius 2 is 2.00 bits per heavy atom. The Balaban J connectivity index is 1.32. The maximum absolute atomic E-state index is 13.0. The van der Waals surface area contributed by atoms with Crippen molar-refractivity contribution in [1.29, 1.82) is 0 Å². The molecular formula is C20H25BrN4O3. The molecule has 0 spiro atoms. The van der Waals surface area contributed by atoms with Gasteiger partial charge in [0.05, 0.1) is 11.8 Å². The van der Waals surface area contributed by atoms with Crippen molar-refractivity contribution < 1.29 is 14.4 Å². The highest BCUT2D eigenvalue weighted by molar-refractivity contribution is 9.10. The van der Waals surface area contributed by atoms with E-state index < -0.39 is 0 Å². The van der Waals surface area contributed by atoms with E-state index in [0.29, 0.717) is 37.8 Å². The molecule has 1 aromatic rings. The molecule has 150 valence electrons. The fraction of sp³-hybridized carbons (Fsp3) is 0.600. The van der Waals surface area contributed by atoms with E-state index in [2.05, 4.69) is 26.2 Å². The molecule has 0 radical (unpaired) electrons. The second-order valence-electron chi connectivity index (χ2n) is 8.12. The molecule has 1 aliphatic carbocycles. The van der Waals surface area contributed by atoms with Gasteiger partial charge in [-0.05, 0) is 59.7 Å². The molecule has 3 amide bonds. The smallest absolute Gasteiger partial charge is 0.230 e. The average Bonchev–Trinajstić information content (AvgIpc) is 3.44. The fourth-order valence-electron chi connectivity index (χ4n) is 4.05. The maximum Gasteiger partial charge on any atom is 0.230 e. The predicted octanol–water partition coefficient (Wildman–Crippen LogP) is 2.28. The summed E-state index contributed by atoms with van der Waals surface area (Å²) in [4.78, 5) is 45.6. The summed E-state index contributed by atoms with van der Waals surface area (Å²) in [6.07, 6.45) is 5.88. The number of aromatic nitrogens is 1. The molecule has 2 aliphatic heterocycles. The zero-order valence-corrected chi connectivity index (χ0v) is 17.4. The fourth-order valence-corrected chi connectivity index (χ4v) is 4.29. The van der Waals surface area contributed by atoms with Gasteiger partial charge in [0.25, 0.3) is 0 Å². The van der Waals surface area contributed by atoms with Crippen LogP contribution in [0, 0.1) is 17.8 Å². The van der Waals surface area contributed by atoms with Crippen LogP contribution in [0.15, 0.2) is 22.8 Å². The number of halogens is 1. The van der Waals surface area contributed by atoms with E-state index in [4.69, 9.17) is 0 Å². The van der Waals surface area contributed by atoms with Gasteiger partial charge in [0, 0.05) is 43.3 Å². The number of nitrogens with one attached hydrogen (secondary N) is 1. The maximum atomic E-state index is 13.0. The molecule has 1 aromatic heterocycles.